The number of carbonyl (C=O) groups is 2. The van der Waals surface area contributed by atoms with Gasteiger partial charge in [0.25, 0.3) is 0 Å². The van der Waals surface area contributed by atoms with Crippen LogP contribution in [-0.2, 0) is 19.1 Å². The van der Waals surface area contributed by atoms with Crippen molar-refractivity contribution in [2.24, 2.45) is 0 Å². The highest BCUT2D eigenvalue weighted by Gasteiger charge is 2.14. The minimum Gasteiger partial charge on any atom is -0.497 e. The molecule has 0 radical (unpaired) electrons. The summed E-state index contributed by atoms with van der Waals surface area (Å²) in [5.74, 6) is -0.884. The number of hydrogen-bond acceptors (Lipinski definition) is 6. The molecule has 6 nitrogen and oxygen atoms in total. The van der Waals surface area contributed by atoms with Crippen LogP contribution in [-0.4, -0.2) is 33.3 Å². The Labute approximate surface area is 121 Å². The van der Waals surface area contributed by atoms with Gasteiger partial charge in [0.1, 0.15) is 11.4 Å². The predicted molar refractivity (Wildman–Crippen MR) is 73.7 cm³/mol. The molecule has 1 rings (SSSR count). The maximum absolute atomic E-state index is 11.6. The molecule has 108 valence electrons. The van der Waals surface area contributed by atoms with Gasteiger partial charge in [-0.1, -0.05) is 11.6 Å². The van der Waals surface area contributed by atoms with E-state index < -0.39 is 11.9 Å². The summed E-state index contributed by atoms with van der Waals surface area (Å²) >= 11 is 6.00. The Morgan fingerprint density at radius 2 is 1.90 bits per heavy atom. The number of esters is 2. The summed E-state index contributed by atoms with van der Waals surface area (Å²) < 4.78 is 14.1. The zero-order chi connectivity index (χ0) is 15.1. The van der Waals surface area contributed by atoms with Crippen molar-refractivity contribution in [3.05, 3.63) is 35.0 Å². The molecule has 0 bridgehead atoms. The van der Waals surface area contributed by atoms with Crippen molar-refractivity contribution in [3.63, 3.8) is 0 Å². The molecule has 0 aromatic heterocycles. The quantitative estimate of drug-likeness (QED) is 0.662. The summed E-state index contributed by atoms with van der Waals surface area (Å²) in [6.07, 6.45) is 0.974. The van der Waals surface area contributed by atoms with Crippen molar-refractivity contribution in [1.29, 1.82) is 0 Å². The molecule has 1 N–H and O–H groups in total. The normalized spacial score (nSPS) is 10.7. The third-order valence-electron chi connectivity index (χ3n) is 2.31. The molecular weight excluding hydrogens is 286 g/mol. The van der Waals surface area contributed by atoms with Crippen molar-refractivity contribution in [2.75, 3.05) is 26.6 Å². The second kappa shape index (κ2) is 7.40. The van der Waals surface area contributed by atoms with E-state index in [9.17, 15) is 9.59 Å². The van der Waals surface area contributed by atoms with E-state index in [4.69, 9.17) is 16.3 Å². The van der Waals surface area contributed by atoms with Gasteiger partial charge in [0, 0.05) is 6.07 Å². The van der Waals surface area contributed by atoms with Crippen molar-refractivity contribution in [1.82, 2.24) is 0 Å². The molecule has 0 heterocycles. The first kappa shape index (κ1) is 15.8. The molecule has 0 atom stereocenters. The number of anilines is 1. The van der Waals surface area contributed by atoms with Crippen LogP contribution < -0.4 is 10.1 Å². The van der Waals surface area contributed by atoms with Gasteiger partial charge in [-0.25, -0.2) is 9.59 Å². The van der Waals surface area contributed by atoms with Gasteiger partial charge in [0.05, 0.1) is 38.1 Å². The molecule has 0 amide bonds. The van der Waals surface area contributed by atoms with Crippen LogP contribution in [0.25, 0.3) is 0 Å². The molecular formula is C13H14ClNO5. The summed E-state index contributed by atoms with van der Waals surface area (Å²) in [5, 5.41) is 3.06. The summed E-state index contributed by atoms with van der Waals surface area (Å²) in [4.78, 5) is 22.8. The molecule has 0 fully saturated rings. The summed E-state index contributed by atoms with van der Waals surface area (Å²) in [5.41, 5.74) is 0.293. The van der Waals surface area contributed by atoms with Crippen LogP contribution in [0, 0.1) is 0 Å². The number of halogens is 1. The van der Waals surface area contributed by atoms with Gasteiger partial charge in [0.2, 0.25) is 0 Å². The number of nitrogens with one attached hydrogen (secondary N) is 1. The maximum Gasteiger partial charge on any atom is 0.354 e. The highest BCUT2D eigenvalue weighted by atomic mass is 35.5. The predicted octanol–water partition coefficient (Wildman–Crippen LogP) is 1.99. The van der Waals surface area contributed by atoms with Gasteiger partial charge < -0.3 is 19.5 Å². The lowest BCUT2D eigenvalue weighted by Gasteiger charge is -2.11. The zero-order valence-corrected chi connectivity index (χ0v) is 12.0. The molecule has 7 heteroatoms. The molecule has 0 unspecified atom stereocenters. The second-order valence-electron chi connectivity index (χ2n) is 3.54. The van der Waals surface area contributed by atoms with E-state index >= 15 is 0 Å². The van der Waals surface area contributed by atoms with Gasteiger partial charge in [-0.2, -0.15) is 0 Å². The SMILES string of the molecule is COC(=O)/C=C(/Nc1cc(OC)ccc1Cl)C(=O)OC. The van der Waals surface area contributed by atoms with E-state index in [2.05, 4.69) is 14.8 Å². The van der Waals surface area contributed by atoms with E-state index in [1.807, 2.05) is 0 Å². The molecule has 0 aliphatic heterocycles. The fourth-order valence-corrected chi connectivity index (χ4v) is 1.47. The Bertz CT molecular complexity index is 542. The fourth-order valence-electron chi connectivity index (χ4n) is 1.31. The standard InChI is InChI=1S/C13H14ClNO5/c1-18-8-4-5-9(14)10(6-8)15-11(13(17)20-3)7-12(16)19-2/h4-7,15H,1-3H3/b11-7+. The first-order valence-corrected chi connectivity index (χ1v) is 5.88. The summed E-state index contributed by atoms with van der Waals surface area (Å²) in [7, 11) is 3.90. The van der Waals surface area contributed by atoms with Crippen LogP contribution in [0.1, 0.15) is 0 Å². The largest absolute Gasteiger partial charge is 0.497 e. The Morgan fingerprint density at radius 3 is 2.45 bits per heavy atom. The Kier molecular flexibility index (Phi) is 5.86. The summed E-state index contributed by atoms with van der Waals surface area (Å²) in [6, 6.07) is 4.83. The number of hydrogen-bond donors (Lipinski definition) is 1. The van der Waals surface area contributed by atoms with Crippen LogP contribution in [0.3, 0.4) is 0 Å². The molecule has 0 aliphatic rings. The topological polar surface area (TPSA) is 73.9 Å². The van der Waals surface area contributed by atoms with Crippen molar-refractivity contribution < 1.29 is 23.8 Å². The molecule has 1 aromatic rings. The Morgan fingerprint density at radius 1 is 1.20 bits per heavy atom. The lowest BCUT2D eigenvalue weighted by Crippen LogP contribution is -2.15. The van der Waals surface area contributed by atoms with E-state index in [-0.39, 0.29) is 5.70 Å². The molecule has 0 saturated carbocycles. The van der Waals surface area contributed by atoms with Crippen LogP contribution in [0.15, 0.2) is 30.0 Å². The highest BCUT2D eigenvalue weighted by Crippen LogP contribution is 2.27. The second-order valence-corrected chi connectivity index (χ2v) is 3.95. The molecule has 20 heavy (non-hydrogen) atoms. The average Bonchev–Trinajstić information content (AvgIpc) is 2.47. The molecule has 0 saturated heterocycles. The maximum atomic E-state index is 11.6. The minimum atomic E-state index is -0.728. The van der Waals surface area contributed by atoms with Crippen LogP contribution in [0.5, 0.6) is 5.75 Å². The minimum absolute atomic E-state index is 0.102. The third kappa shape index (κ3) is 4.17. The van der Waals surface area contributed by atoms with Crippen LogP contribution in [0.2, 0.25) is 5.02 Å². The molecule has 0 spiro atoms. The molecule has 1 aromatic carbocycles. The molecule has 0 aliphatic carbocycles. The number of carbonyl (C=O) groups excluding carboxylic acids is 2. The van der Waals surface area contributed by atoms with Gasteiger partial charge in [-0.05, 0) is 12.1 Å². The van der Waals surface area contributed by atoms with Gasteiger partial charge in [0.15, 0.2) is 0 Å². The Hall–Kier alpha value is -2.21. The van der Waals surface area contributed by atoms with Crippen molar-refractivity contribution in [3.8, 4) is 5.75 Å². The summed E-state index contributed by atoms with van der Waals surface area (Å²) in [6.45, 7) is 0. The monoisotopic (exact) mass is 299 g/mol. The van der Waals surface area contributed by atoms with Gasteiger partial charge >= 0.3 is 11.9 Å². The Balaban J connectivity index is 3.09. The first-order chi connectivity index (χ1) is 9.51. The lowest BCUT2D eigenvalue weighted by atomic mass is 10.2. The van der Waals surface area contributed by atoms with E-state index in [0.29, 0.717) is 16.5 Å². The highest BCUT2D eigenvalue weighted by molar-refractivity contribution is 6.33. The van der Waals surface area contributed by atoms with Gasteiger partial charge in [-0.15, -0.1) is 0 Å². The third-order valence-corrected chi connectivity index (χ3v) is 2.64. The van der Waals surface area contributed by atoms with Gasteiger partial charge in [-0.3, -0.25) is 0 Å². The average molecular weight is 300 g/mol. The number of methoxy groups -OCH3 is 3. The van der Waals surface area contributed by atoms with E-state index in [1.165, 1.54) is 21.3 Å². The van der Waals surface area contributed by atoms with Crippen molar-refractivity contribution >= 4 is 29.2 Å². The number of ether oxygens (including phenoxy) is 3. The van der Waals surface area contributed by atoms with Crippen LogP contribution in [0.4, 0.5) is 5.69 Å². The first-order valence-electron chi connectivity index (χ1n) is 5.50. The van der Waals surface area contributed by atoms with Crippen molar-refractivity contribution in [2.45, 2.75) is 0 Å². The number of rotatable bonds is 5. The number of benzene rings is 1. The van der Waals surface area contributed by atoms with E-state index in [0.717, 1.165) is 6.08 Å². The smallest absolute Gasteiger partial charge is 0.354 e. The fraction of sp³-hybridized carbons (Fsp3) is 0.231. The zero-order valence-electron chi connectivity index (χ0n) is 11.2. The van der Waals surface area contributed by atoms with E-state index in [1.54, 1.807) is 18.2 Å². The van der Waals surface area contributed by atoms with Crippen LogP contribution >= 0.6 is 11.6 Å². The lowest BCUT2D eigenvalue weighted by molar-refractivity contribution is -0.138.